The van der Waals surface area contributed by atoms with Crippen molar-refractivity contribution in [3.8, 4) is 0 Å². The van der Waals surface area contributed by atoms with Crippen molar-refractivity contribution in [3.63, 3.8) is 0 Å². The lowest BCUT2D eigenvalue weighted by atomic mass is 9.95. The van der Waals surface area contributed by atoms with Gasteiger partial charge in [-0.1, -0.05) is 17.7 Å². The van der Waals surface area contributed by atoms with Crippen molar-refractivity contribution in [2.75, 3.05) is 5.32 Å². The van der Waals surface area contributed by atoms with Crippen molar-refractivity contribution in [3.05, 3.63) is 29.3 Å². The average molecular weight is 177 g/mol. The van der Waals surface area contributed by atoms with Crippen LogP contribution in [0.5, 0.6) is 0 Å². The molecule has 2 N–H and O–H groups in total. The Bertz CT molecular complexity index is 322. The lowest BCUT2D eigenvalue weighted by Crippen LogP contribution is -2.25. The first-order valence-corrected chi connectivity index (χ1v) is 4.72. The van der Waals surface area contributed by atoms with Gasteiger partial charge in [0.15, 0.2) is 0 Å². The van der Waals surface area contributed by atoms with Gasteiger partial charge in [-0.2, -0.15) is 0 Å². The zero-order valence-electron chi connectivity index (χ0n) is 8.04. The Morgan fingerprint density at radius 3 is 3.00 bits per heavy atom. The first kappa shape index (κ1) is 8.57. The number of aryl methyl sites for hydroxylation is 1. The van der Waals surface area contributed by atoms with E-state index in [0.717, 1.165) is 17.7 Å². The molecule has 1 aromatic carbocycles. The molecule has 0 saturated heterocycles. The second-order valence-corrected chi connectivity index (χ2v) is 3.89. The van der Waals surface area contributed by atoms with Crippen LogP contribution in [0.15, 0.2) is 18.2 Å². The van der Waals surface area contributed by atoms with E-state index in [1.165, 1.54) is 5.56 Å². The highest BCUT2D eigenvalue weighted by Crippen LogP contribution is 2.32. The van der Waals surface area contributed by atoms with E-state index in [9.17, 15) is 5.11 Å². The lowest BCUT2D eigenvalue weighted by molar-refractivity contribution is 0.158. The number of fused-ring (bicyclic) bond motifs is 1. The summed E-state index contributed by atoms with van der Waals surface area (Å²) in [7, 11) is 0. The fourth-order valence-corrected chi connectivity index (χ4v) is 1.88. The molecule has 2 rings (SSSR count). The molecule has 1 aliphatic rings. The van der Waals surface area contributed by atoms with Crippen LogP contribution in [-0.4, -0.2) is 11.1 Å². The molecule has 0 unspecified atom stereocenters. The van der Waals surface area contributed by atoms with Crippen LogP contribution in [0.3, 0.4) is 0 Å². The molecule has 1 aliphatic heterocycles. The van der Waals surface area contributed by atoms with Gasteiger partial charge in [0.2, 0.25) is 0 Å². The lowest BCUT2D eigenvalue weighted by Gasteiger charge is -2.28. The van der Waals surface area contributed by atoms with Crippen LogP contribution < -0.4 is 5.32 Å². The second kappa shape index (κ2) is 3.04. The van der Waals surface area contributed by atoms with Gasteiger partial charge < -0.3 is 10.4 Å². The Hall–Kier alpha value is -1.02. The maximum atomic E-state index is 9.82. The largest absolute Gasteiger partial charge is 0.388 e. The zero-order valence-corrected chi connectivity index (χ0v) is 8.04. The van der Waals surface area contributed by atoms with E-state index < -0.39 is 0 Å². The summed E-state index contributed by atoms with van der Waals surface area (Å²) in [5, 5.41) is 13.2. The molecular formula is C11H15NO. The van der Waals surface area contributed by atoms with E-state index in [2.05, 4.69) is 24.4 Å². The molecule has 1 aromatic rings. The standard InChI is InChI=1S/C11H15NO/c1-7-3-4-10-9(5-7)11(13)6-8(2)12-10/h3-5,8,11-13H,6H2,1-2H3/t8-,11+/m1/s1. The van der Waals surface area contributed by atoms with Gasteiger partial charge in [0.25, 0.3) is 0 Å². The quantitative estimate of drug-likeness (QED) is 0.637. The first-order chi connectivity index (χ1) is 6.16. The van der Waals surface area contributed by atoms with Crippen LogP contribution >= 0.6 is 0 Å². The molecule has 2 atom stereocenters. The highest BCUT2D eigenvalue weighted by atomic mass is 16.3. The van der Waals surface area contributed by atoms with Crippen LogP contribution in [-0.2, 0) is 0 Å². The molecule has 2 nitrogen and oxygen atoms in total. The van der Waals surface area contributed by atoms with E-state index in [1.54, 1.807) is 0 Å². The van der Waals surface area contributed by atoms with Gasteiger partial charge in [-0.15, -0.1) is 0 Å². The van der Waals surface area contributed by atoms with Crippen molar-refractivity contribution in [2.24, 2.45) is 0 Å². The Kier molecular flexibility index (Phi) is 2.00. The first-order valence-electron chi connectivity index (χ1n) is 4.72. The predicted octanol–water partition coefficient (Wildman–Crippen LogP) is 2.23. The third-order valence-electron chi connectivity index (χ3n) is 2.54. The van der Waals surface area contributed by atoms with E-state index in [0.29, 0.717) is 6.04 Å². The minimum atomic E-state index is -0.300. The number of rotatable bonds is 0. The molecule has 0 aliphatic carbocycles. The van der Waals surface area contributed by atoms with Crippen molar-refractivity contribution in [2.45, 2.75) is 32.4 Å². The fraction of sp³-hybridized carbons (Fsp3) is 0.455. The Morgan fingerprint density at radius 1 is 1.46 bits per heavy atom. The van der Waals surface area contributed by atoms with E-state index >= 15 is 0 Å². The molecule has 1 heterocycles. The third-order valence-corrected chi connectivity index (χ3v) is 2.54. The smallest absolute Gasteiger partial charge is 0.0829 e. The van der Waals surface area contributed by atoms with Crippen molar-refractivity contribution in [1.82, 2.24) is 0 Å². The number of hydrogen-bond donors (Lipinski definition) is 2. The molecule has 0 aromatic heterocycles. The minimum Gasteiger partial charge on any atom is -0.388 e. The minimum absolute atomic E-state index is 0.300. The van der Waals surface area contributed by atoms with Crippen molar-refractivity contribution >= 4 is 5.69 Å². The summed E-state index contributed by atoms with van der Waals surface area (Å²) in [6.45, 7) is 4.14. The monoisotopic (exact) mass is 177 g/mol. The summed E-state index contributed by atoms with van der Waals surface area (Å²) in [6, 6.07) is 6.53. The Balaban J connectivity index is 2.43. The molecule has 0 saturated carbocycles. The molecular weight excluding hydrogens is 162 g/mol. The fourth-order valence-electron chi connectivity index (χ4n) is 1.88. The summed E-state index contributed by atoms with van der Waals surface area (Å²) in [4.78, 5) is 0. The number of nitrogens with one attached hydrogen (secondary N) is 1. The SMILES string of the molecule is Cc1ccc2c(c1)[C@@H](O)C[C@@H](C)N2. The molecule has 70 valence electrons. The van der Waals surface area contributed by atoms with E-state index in [4.69, 9.17) is 0 Å². The summed E-state index contributed by atoms with van der Waals surface area (Å²) in [5.74, 6) is 0. The van der Waals surface area contributed by atoms with Crippen molar-refractivity contribution < 1.29 is 5.11 Å². The summed E-state index contributed by atoms with van der Waals surface area (Å²) in [5.41, 5.74) is 3.32. The topological polar surface area (TPSA) is 32.3 Å². The van der Waals surface area contributed by atoms with Gasteiger partial charge >= 0.3 is 0 Å². The number of anilines is 1. The Morgan fingerprint density at radius 2 is 2.23 bits per heavy atom. The van der Waals surface area contributed by atoms with Crippen LogP contribution in [0.2, 0.25) is 0 Å². The van der Waals surface area contributed by atoms with Crippen LogP contribution in [0, 0.1) is 6.92 Å². The number of aliphatic hydroxyl groups is 1. The van der Waals surface area contributed by atoms with Gasteiger partial charge in [-0.3, -0.25) is 0 Å². The predicted molar refractivity (Wildman–Crippen MR) is 53.8 cm³/mol. The van der Waals surface area contributed by atoms with Crippen molar-refractivity contribution in [1.29, 1.82) is 0 Å². The molecule has 13 heavy (non-hydrogen) atoms. The number of benzene rings is 1. The third kappa shape index (κ3) is 1.54. The summed E-state index contributed by atoms with van der Waals surface area (Å²) < 4.78 is 0. The second-order valence-electron chi connectivity index (χ2n) is 3.89. The normalized spacial score (nSPS) is 26.4. The summed E-state index contributed by atoms with van der Waals surface area (Å²) >= 11 is 0. The summed E-state index contributed by atoms with van der Waals surface area (Å²) in [6.07, 6.45) is 0.502. The number of aliphatic hydroxyl groups excluding tert-OH is 1. The van der Waals surface area contributed by atoms with Gasteiger partial charge in [0.05, 0.1) is 6.10 Å². The molecule has 0 fully saturated rings. The molecule has 2 heteroatoms. The number of hydrogen-bond acceptors (Lipinski definition) is 2. The average Bonchev–Trinajstić information content (AvgIpc) is 2.06. The van der Waals surface area contributed by atoms with Gasteiger partial charge in [0.1, 0.15) is 0 Å². The van der Waals surface area contributed by atoms with Crippen LogP contribution in [0.25, 0.3) is 0 Å². The molecule has 0 radical (unpaired) electrons. The molecule has 0 spiro atoms. The highest BCUT2D eigenvalue weighted by molar-refractivity contribution is 5.56. The van der Waals surface area contributed by atoms with Gasteiger partial charge in [0, 0.05) is 17.3 Å². The maximum absolute atomic E-state index is 9.82. The van der Waals surface area contributed by atoms with E-state index in [1.807, 2.05) is 13.0 Å². The van der Waals surface area contributed by atoms with E-state index in [-0.39, 0.29) is 6.10 Å². The van der Waals surface area contributed by atoms with Crippen LogP contribution in [0.1, 0.15) is 30.6 Å². The zero-order chi connectivity index (χ0) is 9.42. The van der Waals surface area contributed by atoms with Gasteiger partial charge in [-0.25, -0.2) is 0 Å². The molecule has 0 amide bonds. The highest BCUT2D eigenvalue weighted by Gasteiger charge is 2.21. The maximum Gasteiger partial charge on any atom is 0.0829 e. The Labute approximate surface area is 78.6 Å². The van der Waals surface area contributed by atoms with Crippen LogP contribution in [0.4, 0.5) is 5.69 Å². The molecule has 0 bridgehead atoms. The van der Waals surface area contributed by atoms with Gasteiger partial charge in [-0.05, 0) is 26.3 Å².